The van der Waals surface area contributed by atoms with E-state index in [1.807, 2.05) is 0 Å². The molecule has 23 heavy (non-hydrogen) atoms. The molecule has 1 aromatic rings. The summed E-state index contributed by atoms with van der Waals surface area (Å²) in [4.78, 5) is 34.7. The van der Waals surface area contributed by atoms with E-state index in [4.69, 9.17) is 5.73 Å². The molecule has 1 aromatic carbocycles. The summed E-state index contributed by atoms with van der Waals surface area (Å²) < 4.78 is 22.6. The van der Waals surface area contributed by atoms with Crippen LogP contribution in [0.5, 0.6) is 0 Å². The van der Waals surface area contributed by atoms with E-state index < -0.39 is 27.6 Å². The van der Waals surface area contributed by atoms with Crippen molar-refractivity contribution in [3.63, 3.8) is 0 Å². The van der Waals surface area contributed by atoms with Crippen LogP contribution in [0.3, 0.4) is 0 Å². The quantitative estimate of drug-likeness (QED) is 0.628. The number of nitrogens with one attached hydrogen (secondary N) is 2. The highest BCUT2D eigenvalue weighted by molar-refractivity contribution is 7.91. The fourth-order valence-corrected chi connectivity index (χ4v) is 4.22. The van der Waals surface area contributed by atoms with Gasteiger partial charge in [-0.05, 0) is 30.5 Å². The zero-order valence-corrected chi connectivity index (χ0v) is 13.1. The highest BCUT2D eigenvalue weighted by Gasteiger charge is 2.29. The summed E-state index contributed by atoms with van der Waals surface area (Å²) in [7, 11) is -3.04. The molecular formula is C14H17N3O5S. The van der Waals surface area contributed by atoms with E-state index in [9.17, 15) is 22.8 Å². The number of benzene rings is 1. The third-order valence-corrected chi connectivity index (χ3v) is 5.36. The molecule has 1 aliphatic heterocycles. The molecule has 2 rings (SSSR count). The van der Waals surface area contributed by atoms with Crippen molar-refractivity contribution in [3.05, 3.63) is 35.4 Å². The van der Waals surface area contributed by atoms with E-state index in [1.165, 1.54) is 24.3 Å². The molecular weight excluding hydrogens is 322 g/mol. The number of hydrogen-bond acceptors (Lipinski definition) is 5. The minimum atomic E-state index is -3.04. The second kappa shape index (κ2) is 6.78. The van der Waals surface area contributed by atoms with E-state index in [0.717, 1.165) is 0 Å². The molecule has 0 saturated carbocycles. The molecule has 4 N–H and O–H groups in total. The fourth-order valence-electron chi connectivity index (χ4n) is 2.36. The van der Waals surface area contributed by atoms with Crippen LogP contribution in [0.25, 0.3) is 0 Å². The average molecular weight is 339 g/mol. The van der Waals surface area contributed by atoms with Crippen molar-refractivity contribution < 1.29 is 22.8 Å². The second-order valence-electron chi connectivity index (χ2n) is 5.42. The zero-order chi connectivity index (χ0) is 17.0. The Balaban J connectivity index is 1.85. The lowest BCUT2D eigenvalue weighted by Crippen LogP contribution is -2.42. The van der Waals surface area contributed by atoms with Gasteiger partial charge in [0.1, 0.15) is 0 Å². The van der Waals surface area contributed by atoms with Gasteiger partial charge in [-0.15, -0.1) is 0 Å². The van der Waals surface area contributed by atoms with Gasteiger partial charge in [-0.25, -0.2) is 8.42 Å². The smallest absolute Gasteiger partial charge is 0.269 e. The van der Waals surface area contributed by atoms with Crippen LogP contribution in [0.15, 0.2) is 24.3 Å². The molecule has 9 heteroatoms. The number of carbonyl (C=O) groups is 3. The highest BCUT2D eigenvalue weighted by atomic mass is 32.2. The summed E-state index contributed by atoms with van der Waals surface area (Å²) in [6, 6.07) is 5.75. The Kier molecular flexibility index (Phi) is 4.99. The number of hydrogen-bond donors (Lipinski definition) is 3. The van der Waals surface area contributed by atoms with Gasteiger partial charge >= 0.3 is 0 Å². The SMILES string of the molecule is NC(=O)c1cccc(C(=O)NNC(=O)CC2CCS(=O)(=O)C2)c1. The van der Waals surface area contributed by atoms with E-state index in [1.54, 1.807) is 0 Å². The first-order valence-electron chi connectivity index (χ1n) is 6.96. The Morgan fingerprint density at radius 2 is 1.87 bits per heavy atom. The molecule has 8 nitrogen and oxygen atoms in total. The predicted octanol–water partition coefficient (Wildman–Crippen LogP) is -0.629. The third kappa shape index (κ3) is 4.78. The van der Waals surface area contributed by atoms with Gasteiger partial charge in [0.25, 0.3) is 5.91 Å². The topological polar surface area (TPSA) is 135 Å². The number of nitrogens with two attached hydrogens (primary N) is 1. The maximum Gasteiger partial charge on any atom is 0.269 e. The molecule has 1 unspecified atom stereocenters. The largest absolute Gasteiger partial charge is 0.366 e. The summed E-state index contributed by atoms with van der Waals surface area (Å²) in [6.07, 6.45) is 0.477. The van der Waals surface area contributed by atoms with Crippen molar-refractivity contribution in [2.45, 2.75) is 12.8 Å². The Bertz CT molecular complexity index is 745. The van der Waals surface area contributed by atoms with Crippen molar-refractivity contribution in [1.29, 1.82) is 0 Å². The lowest BCUT2D eigenvalue weighted by Gasteiger charge is -2.10. The first kappa shape index (κ1) is 16.9. The first-order valence-corrected chi connectivity index (χ1v) is 8.78. The summed E-state index contributed by atoms with van der Waals surface area (Å²) in [5.41, 5.74) is 9.93. The van der Waals surface area contributed by atoms with E-state index in [-0.39, 0.29) is 35.0 Å². The molecule has 0 aliphatic carbocycles. The van der Waals surface area contributed by atoms with Crippen LogP contribution in [0.2, 0.25) is 0 Å². The maximum atomic E-state index is 11.9. The fraction of sp³-hybridized carbons (Fsp3) is 0.357. The standard InChI is InChI=1S/C14H17N3O5S/c15-13(19)10-2-1-3-11(7-10)14(20)17-16-12(18)6-9-4-5-23(21,22)8-9/h1-3,7,9H,4-6,8H2,(H2,15,19)(H,16,18)(H,17,20). The molecule has 1 heterocycles. The zero-order valence-electron chi connectivity index (χ0n) is 12.2. The molecule has 3 amide bonds. The Morgan fingerprint density at radius 3 is 2.48 bits per heavy atom. The van der Waals surface area contributed by atoms with Crippen LogP contribution >= 0.6 is 0 Å². The van der Waals surface area contributed by atoms with E-state index in [0.29, 0.717) is 6.42 Å². The molecule has 0 spiro atoms. The Hall–Kier alpha value is -2.42. The number of rotatable bonds is 4. The van der Waals surface area contributed by atoms with E-state index in [2.05, 4.69) is 10.9 Å². The predicted molar refractivity (Wildman–Crippen MR) is 81.9 cm³/mol. The third-order valence-electron chi connectivity index (χ3n) is 3.53. The Labute approximate surface area is 133 Å². The van der Waals surface area contributed by atoms with Crippen molar-refractivity contribution in [2.24, 2.45) is 11.7 Å². The van der Waals surface area contributed by atoms with Crippen LogP contribution in [-0.4, -0.2) is 37.6 Å². The Morgan fingerprint density at radius 1 is 1.17 bits per heavy atom. The number of amides is 3. The van der Waals surface area contributed by atoms with Gasteiger partial charge in [0.15, 0.2) is 9.84 Å². The summed E-state index contributed by atoms with van der Waals surface area (Å²) >= 11 is 0. The minimum Gasteiger partial charge on any atom is -0.366 e. The van der Waals surface area contributed by atoms with Gasteiger partial charge in [-0.1, -0.05) is 6.07 Å². The number of hydrazine groups is 1. The van der Waals surface area contributed by atoms with Crippen LogP contribution in [0.4, 0.5) is 0 Å². The highest BCUT2D eigenvalue weighted by Crippen LogP contribution is 2.21. The second-order valence-corrected chi connectivity index (χ2v) is 7.65. The number of sulfone groups is 1. The lowest BCUT2D eigenvalue weighted by molar-refractivity contribution is -0.122. The van der Waals surface area contributed by atoms with Crippen molar-refractivity contribution in [3.8, 4) is 0 Å². The summed E-state index contributed by atoms with van der Waals surface area (Å²) in [5.74, 6) is -1.86. The van der Waals surface area contributed by atoms with Crippen molar-refractivity contribution >= 4 is 27.6 Å². The molecule has 0 bridgehead atoms. The van der Waals surface area contributed by atoms with Crippen LogP contribution in [0.1, 0.15) is 33.6 Å². The van der Waals surface area contributed by atoms with Gasteiger partial charge in [0.05, 0.1) is 11.5 Å². The van der Waals surface area contributed by atoms with Gasteiger partial charge in [0, 0.05) is 17.5 Å². The number of carbonyl (C=O) groups excluding carboxylic acids is 3. The van der Waals surface area contributed by atoms with Gasteiger partial charge < -0.3 is 5.73 Å². The van der Waals surface area contributed by atoms with Crippen LogP contribution in [0, 0.1) is 5.92 Å². The molecule has 0 aromatic heterocycles. The van der Waals surface area contributed by atoms with Gasteiger partial charge in [-0.2, -0.15) is 0 Å². The van der Waals surface area contributed by atoms with E-state index >= 15 is 0 Å². The van der Waals surface area contributed by atoms with Crippen molar-refractivity contribution in [1.82, 2.24) is 10.9 Å². The van der Waals surface area contributed by atoms with Crippen LogP contribution < -0.4 is 16.6 Å². The van der Waals surface area contributed by atoms with Crippen LogP contribution in [-0.2, 0) is 14.6 Å². The molecule has 124 valence electrons. The normalized spacial score (nSPS) is 19.0. The summed E-state index contributed by atoms with van der Waals surface area (Å²) in [6.45, 7) is 0. The monoisotopic (exact) mass is 339 g/mol. The molecule has 1 fully saturated rings. The minimum absolute atomic E-state index is 0.00494. The summed E-state index contributed by atoms with van der Waals surface area (Å²) in [5, 5.41) is 0. The average Bonchev–Trinajstić information content (AvgIpc) is 2.83. The lowest BCUT2D eigenvalue weighted by atomic mass is 10.1. The maximum absolute atomic E-state index is 11.9. The van der Waals surface area contributed by atoms with Gasteiger partial charge in [-0.3, -0.25) is 25.2 Å². The molecule has 1 atom stereocenters. The van der Waals surface area contributed by atoms with Gasteiger partial charge in [0.2, 0.25) is 11.8 Å². The molecule has 0 radical (unpaired) electrons. The first-order chi connectivity index (χ1) is 10.8. The van der Waals surface area contributed by atoms with Crippen molar-refractivity contribution in [2.75, 3.05) is 11.5 Å². The number of primary amides is 1. The molecule has 1 saturated heterocycles. The molecule has 1 aliphatic rings.